The van der Waals surface area contributed by atoms with Crippen LogP contribution in [0.5, 0.6) is 0 Å². The maximum atomic E-state index is 13.1. The maximum Gasteiger partial charge on any atom is 0.123 e. The lowest BCUT2D eigenvalue weighted by Gasteiger charge is -2.08. The van der Waals surface area contributed by atoms with Crippen LogP contribution in [0.1, 0.15) is 11.4 Å². The van der Waals surface area contributed by atoms with Gasteiger partial charge in [-0.3, -0.25) is 0 Å². The fourth-order valence-electron chi connectivity index (χ4n) is 1.77. The lowest BCUT2D eigenvalue weighted by molar-refractivity contribution is 0.619. The summed E-state index contributed by atoms with van der Waals surface area (Å²) < 4.78 is 15.1. The van der Waals surface area contributed by atoms with Crippen LogP contribution in [0.2, 0.25) is 0 Å². The van der Waals surface area contributed by atoms with Crippen LogP contribution in [0.15, 0.2) is 49.3 Å². The number of halogens is 1. The van der Waals surface area contributed by atoms with E-state index in [0.29, 0.717) is 13.1 Å². The van der Waals surface area contributed by atoms with Crippen LogP contribution in [-0.2, 0) is 13.1 Å². The Hall–Kier alpha value is -1.94. The van der Waals surface area contributed by atoms with Gasteiger partial charge in [0.05, 0.1) is 6.54 Å². The van der Waals surface area contributed by atoms with Gasteiger partial charge in [0.2, 0.25) is 0 Å². The first-order valence-electron chi connectivity index (χ1n) is 5.85. The van der Waals surface area contributed by atoms with Crippen molar-refractivity contribution in [3.63, 3.8) is 0 Å². The predicted molar refractivity (Wildman–Crippen MR) is 69.6 cm³/mol. The average Bonchev–Trinajstić information content (AvgIpc) is 2.77. The molecule has 0 saturated heterocycles. The molecule has 3 nitrogen and oxygen atoms in total. The number of rotatable bonds is 6. The summed E-state index contributed by atoms with van der Waals surface area (Å²) in [7, 11) is 0. The first-order chi connectivity index (χ1) is 8.79. The summed E-state index contributed by atoms with van der Waals surface area (Å²) in [5, 5.41) is 3.20. The van der Waals surface area contributed by atoms with Gasteiger partial charge in [0.25, 0.3) is 0 Å². The van der Waals surface area contributed by atoms with E-state index in [1.807, 2.05) is 16.8 Å². The molecule has 1 N–H and O–H groups in total. The van der Waals surface area contributed by atoms with E-state index < -0.39 is 0 Å². The van der Waals surface area contributed by atoms with Gasteiger partial charge in [-0.15, -0.1) is 6.58 Å². The molecule has 0 unspecified atom stereocenters. The highest BCUT2D eigenvalue weighted by Crippen LogP contribution is 2.07. The molecule has 2 aromatic rings. The summed E-state index contributed by atoms with van der Waals surface area (Å²) in [6, 6.07) is 6.62. The van der Waals surface area contributed by atoms with Gasteiger partial charge < -0.3 is 9.88 Å². The minimum atomic E-state index is -0.209. The molecule has 1 aromatic carbocycles. The molecule has 0 amide bonds. The fourth-order valence-corrected chi connectivity index (χ4v) is 1.77. The zero-order valence-corrected chi connectivity index (χ0v) is 10.1. The number of benzene rings is 1. The molecule has 4 heteroatoms. The number of imidazole rings is 1. The molecule has 2 rings (SSSR count). The molecule has 0 fully saturated rings. The van der Waals surface area contributed by atoms with Crippen molar-refractivity contribution >= 4 is 0 Å². The van der Waals surface area contributed by atoms with Crippen molar-refractivity contribution in [2.75, 3.05) is 6.54 Å². The third-order valence-electron chi connectivity index (χ3n) is 2.62. The third-order valence-corrected chi connectivity index (χ3v) is 2.62. The minimum Gasteiger partial charge on any atom is -0.329 e. The second-order valence-electron chi connectivity index (χ2n) is 4.02. The van der Waals surface area contributed by atoms with Crippen molar-refractivity contribution < 1.29 is 4.39 Å². The van der Waals surface area contributed by atoms with E-state index >= 15 is 0 Å². The van der Waals surface area contributed by atoms with Crippen molar-refractivity contribution in [2.45, 2.75) is 13.1 Å². The van der Waals surface area contributed by atoms with Crippen LogP contribution in [0, 0.1) is 5.82 Å². The number of nitrogens with one attached hydrogen (secondary N) is 1. The Balaban J connectivity index is 2.05. The summed E-state index contributed by atoms with van der Waals surface area (Å²) in [5.74, 6) is 0.722. The summed E-state index contributed by atoms with van der Waals surface area (Å²) in [6.07, 6.45) is 5.46. The van der Waals surface area contributed by atoms with Crippen LogP contribution in [0.25, 0.3) is 0 Å². The van der Waals surface area contributed by atoms with Crippen LogP contribution in [-0.4, -0.2) is 16.1 Å². The molecule has 18 heavy (non-hydrogen) atoms. The van der Waals surface area contributed by atoms with Gasteiger partial charge in [-0.1, -0.05) is 18.2 Å². The fraction of sp³-hybridized carbons (Fsp3) is 0.214. The van der Waals surface area contributed by atoms with Crippen molar-refractivity contribution in [3.8, 4) is 0 Å². The first kappa shape index (κ1) is 12.5. The van der Waals surface area contributed by atoms with Crippen molar-refractivity contribution in [2.24, 2.45) is 0 Å². The number of hydrogen-bond donors (Lipinski definition) is 1. The Bertz CT molecular complexity index is 519. The summed E-state index contributed by atoms with van der Waals surface area (Å²) in [4.78, 5) is 4.28. The van der Waals surface area contributed by atoms with Crippen LogP contribution in [0.4, 0.5) is 4.39 Å². The van der Waals surface area contributed by atoms with E-state index in [-0.39, 0.29) is 5.82 Å². The van der Waals surface area contributed by atoms with E-state index in [4.69, 9.17) is 0 Å². The molecule has 0 aliphatic carbocycles. The molecule has 0 bridgehead atoms. The molecular formula is C14H16FN3. The largest absolute Gasteiger partial charge is 0.329 e. The van der Waals surface area contributed by atoms with Gasteiger partial charge in [-0.2, -0.15) is 0 Å². The van der Waals surface area contributed by atoms with Crippen molar-refractivity contribution in [3.05, 3.63) is 66.5 Å². The predicted octanol–water partition coefficient (Wildman–Crippen LogP) is 2.35. The minimum absolute atomic E-state index is 0.209. The highest BCUT2D eigenvalue weighted by molar-refractivity contribution is 5.17. The molecule has 0 saturated carbocycles. The highest BCUT2D eigenvalue weighted by Gasteiger charge is 2.03. The van der Waals surface area contributed by atoms with Crippen molar-refractivity contribution in [1.82, 2.24) is 14.9 Å². The Morgan fingerprint density at radius 2 is 2.33 bits per heavy atom. The van der Waals surface area contributed by atoms with Crippen LogP contribution < -0.4 is 5.32 Å². The van der Waals surface area contributed by atoms with Crippen molar-refractivity contribution in [1.29, 1.82) is 0 Å². The van der Waals surface area contributed by atoms with Crippen LogP contribution >= 0.6 is 0 Å². The van der Waals surface area contributed by atoms with E-state index in [9.17, 15) is 4.39 Å². The van der Waals surface area contributed by atoms with Gasteiger partial charge in [-0.05, 0) is 17.7 Å². The first-order valence-corrected chi connectivity index (χ1v) is 5.85. The van der Waals surface area contributed by atoms with E-state index in [0.717, 1.165) is 17.9 Å². The van der Waals surface area contributed by atoms with Gasteiger partial charge in [0, 0.05) is 25.5 Å². The number of hydrogen-bond acceptors (Lipinski definition) is 2. The number of aromatic nitrogens is 2. The summed E-state index contributed by atoms with van der Waals surface area (Å²) >= 11 is 0. The van der Waals surface area contributed by atoms with E-state index in [2.05, 4.69) is 16.9 Å². The number of nitrogens with zero attached hydrogens (tertiary/aromatic N) is 2. The molecule has 0 radical (unpaired) electrons. The molecule has 0 atom stereocenters. The summed E-state index contributed by atoms with van der Waals surface area (Å²) in [5.41, 5.74) is 0.929. The molecule has 0 spiro atoms. The van der Waals surface area contributed by atoms with E-state index in [1.165, 1.54) is 6.07 Å². The summed E-state index contributed by atoms with van der Waals surface area (Å²) in [6.45, 7) is 5.69. The Labute approximate surface area is 106 Å². The molecule has 1 aromatic heterocycles. The normalized spacial score (nSPS) is 10.5. The molecule has 94 valence electrons. The lowest BCUT2D eigenvalue weighted by atomic mass is 10.2. The standard InChI is InChI=1S/C14H16FN3/c1-2-6-16-10-14-17-7-8-18(14)11-12-4-3-5-13(15)9-12/h2-5,7-9,16H,1,6,10-11H2. The Morgan fingerprint density at radius 3 is 3.11 bits per heavy atom. The topological polar surface area (TPSA) is 29.9 Å². The van der Waals surface area contributed by atoms with Gasteiger partial charge in [0.15, 0.2) is 0 Å². The zero-order chi connectivity index (χ0) is 12.8. The van der Waals surface area contributed by atoms with Gasteiger partial charge in [-0.25, -0.2) is 9.37 Å². The quantitative estimate of drug-likeness (QED) is 0.625. The zero-order valence-electron chi connectivity index (χ0n) is 10.1. The lowest BCUT2D eigenvalue weighted by Crippen LogP contribution is -2.17. The van der Waals surface area contributed by atoms with Gasteiger partial charge >= 0.3 is 0 Å². The molecular weight excluding hydrogens is 229 g/mol. The highest BCUT2D eigenvalue weighted by atomic mass is 19.1. The maximum absolute atomic E-state index is 13.1. The van der Waals surface area contributed by atoms with Gasteiger partial charge in [0.1, 0.15) is 11.6 Å². The Morgan fingerprint density at radius 1 is 1.44 bits per heavy atom. The molecule has 0 aliphatic rings. The SMILES string of the molecule is C=CCNCc1nccn1Cc1cccc(F)c1. The van der Waals surface area contributed by atoms with E-state index in [1.54, 1.807) is 24.4 Å². The monoisotopic (exact) mass is 245 g/mol. The van der Waals surface area contributed by atoms with Crippen LogP contribution in [0.3, 0.4) is 0 Å². The molecule has 1 heterocycles. The second-order valence-corrected chi connectivity index (χ2v) is 4.02. The average molecular weight is 245 g/mol. The third kappa shape index (κ3) is 3.28. The molecule has 0 aliphatic heterocycles. The second kappa shape index (κ2) is 6.12. The Kier molecular flexibility index (Phi) is 4.25. The smallest absolute Gasteiger partial charge is 0.123 e.